The molecule has 0 unspecified atom stereocenters. The van der Waals surface area contributed by atoms with Gasteiger partial charge in [-0.3, -0.25) is 4.79 Å². The Labute approximate surface area is 158 Å². The lowest BCUT2D eigenvalue weighted by molar-refractivity contribution is 0.0696. The molecule has 27 heavy (non-hydrogen) atoms. The number of amides is 1. The number of carbonyl (C=O) groups excluding carboxylic acids is 1. The zero-order valence-electron chi connectivity index (χ0n) is 15.8. The molecule has 0 aromatic heterocycles. The first-order valence-electron chi connectivity index (χ1n) is 8.29. The number of carbonyl (C=O) groups is 2. The maximum atomic E-state index is 13.1. The van der Waals surface area contributed by atoms with Gasteiger partial charge in [-0.25, -0.2) is 4.79 Å². The lowest BCUT2D eigenvalue weighted by Gasteiger charge is -2.24. The number of carboxylic acids is 1. The van der Waals surface area contributed by atoms with Gasteiger partial charge in [-0.2, -0.15) is 0 Å². The summed E-state index contributed by atoms with van der Waals surface area (Å²) in [6, 6.07) is 9.70. The van der Waals surface area contributed by atoms with Crippen molar-refractivity contribution in [3.63, 3.8) is 0 Å². The molecule has 1 N–H and O–H groups in total. The molecule has 0 heterocycles. The maximum absolute atomic E-state index is 13.1. The number of anilines is 1. The van der Waals surface area contributed by atoms with Crippen LogP contribution in [0.5, 0.6) is 11.5 Å². The van der Waals surface area contributed by atoms with E-state index < -0.39 is 5.97 Å². The molecule has 0 atom stereocenters. The van der Waals surface area contributed by atoms with E-state index in [0.717, 1.165) is 0 Å². The third-order valence-corrected chi connectivity index (χ3v) is 4.01. The Kier molecular flexibility index (Phi) is 6.79. The van der Waals surface area contributed by atoms with E-state index in [1.165, 1.54) is 31.3 Å². The number of hydrogen-bond donors (Lipinski definition) is 1. The lowest BCUT2D eigenvalue weighted by atomic mass is 10.0. The monoisotopic (exact) mass is 373 g/mol. The van der Waals surface area contributed by atoms with Crippen molar-refractivity contribution in [1.82, 2.24) is 0 Å². The average molecular weight is 373 g/mol. The average Bonchev–Trinajstić information content (AvgIpc) is 2.67. The fraction of sp³-hybridized carbons (Fsp3) is 0.300. The minimum atomic E-state index is -1.08. The van der Waals surface area contributed by atoms with E-state index >= 15 is 0 Å². The van der Waals surface area contributed by atoms with Gasteiger partial charge < -0.3 is 24.2 Å². The number of rotatable bonds is 8. The van der Waals surface area contributed by atoms with Crippen molar-refractivity contribution >= 4 is 17.6 Å². The van der Waals surface area contributed by atoms with E-state index in [1.54, 1.807) is 38.3 Å². The summed E-state index contributed by atoms with van der Waals surface area (Å²) < 4.78 is 15.7. The van der Waals surface area contributed by atoms with Gasteiger partial charge in [0.2, 0.25) is 0 Å². The third kappa shape index (κ3) is 4.77. The van der Waals surface area contributed by atoms with Gasteiger partial charge in [0, 0.05) is 31.0 Å². The lowest BCUT2D eigenvalue weighted by Crippen LogP contribution is -2.34. The number of aromatic carboxylic acids is 1. The summed E-state index contributed by atoms with van der Waals surface area (Å²) in [6.45, 7) is 2.36. The third-order valence-electron chi connectivity index (χ3n) is 4.01. The minimum Gasteiger partial charge on any atom is -0.493 e. The fourth-order valence-corrected chi connectivity index (χ4v) is 2.71. The molecule has 0 radical (unpaired) electrons. The van der Waals surface area contributed by atoms with Gasteiger partial charge in [0.25, 0.3) is 5.91 Å². The number of ether oxygens (including phenoxy) is 3. The minimum absolute atomic E-state index is 0.0670. The Bertz CT molecular complexity index is 833. The largest absolute Gasteiger partial charge is 0.493 e. The van der Waals surface area contributed by atoms with Gasteiger partial charge >= 0.3 is 5.97 Å². The Morgan fingerprint density at radius 2 is 1.63 bits per heavy atom. The summed E-state index contributed by atoms with van der Waals surface area (Å²) >= 11 is 0. The van der Waals surface area contributed by atoms with E-state index in [4.69, 9.17) is 14.2 Å². The van der Waals surface area contributed by atoms with E-state index in [0.29, 0.717) is 41.5 Å². The predicted octanol–water partition coefficient (Wildman–Crippen LogP) is 3.00. The topological polar surface area (TPSA) is 85.3 Å². The normalized spacial score (nSPS) is 10.4. The molecule has 0 aliphatic rings. The van der Waals surface area contributed by atoms with Crippen molar-refractivity contribution < 1.29 is 28.9 Å². The van der Waals surface area contributed by atoms with Crippen LogP contribution in [0.2, 0.25) is 0 Å². The molecule has 7 nitrogen and oxygen atoms in total. The molecule has 7 heteroatoms. The summed E-state index contributed by atoms with van der Waals surface area (Å²) in [4.78, 5) is 26.0. The first-order chi connectivity index (χ1) is 12.9. The van der Waals surface area contributed by atoms with Crippen molar-refractivity contribution in [2.75, 3.05) is 39.4 Å². The van der Waals surface area contributed by atoms with Gasteiger partial charge in [0.05, 0.1) is 26.4 Å². The van der Waals surface area contributed by atoms with Crippen molar-refractivity contribution in [3.8, 4) is 11.5 Å². The fourth-order valence-electron chi connectivity index (χ4n) is 2.71. The number of carboxylic acid groups (broad SMARTS) is 1. The van der Waals surface area contributed by atoms with Crippen LogP contribution < -0.4 is 14.4 Å². The van der Waals surface area contributed by atoms with Crippen LogP contribution in [0, 0.1) is 6.92 Å². The highest BCUT2D eigenvalue weighted by Gasteiger charge is 2.21. The zero-order valence-corrected chi connectivity index (χ0v) is 15.8. The summed E-state index contributed by atoms with van der Waals surface area (Å²) in [6.07, 6.45) is 0. The van der Waals surface area contributed by atoms with Crippen LogP contribution in [0.4, 0.5) is 5.69 Å². The summed E-state index contributed by atoms with van der Waals surface area (Å²) in [5.41, 5.74) is 1.64. The van der Waals surface area contributed by atoms with Gasteiger partial charge in [0.15, 0.2) is 11.5 Å². The van der Waals surface area contributed by atoms with Crippen LogP contribution in [0.1, 0.15) is 26.3 Å². The molecule has 1 amide bonds. The summed E-state index contributed by atoms with van der Waals surface area (Å²) in [5, 5.41) is 9.26. The Balaban J connectivity index is 2.47. The second-order valence-electron chi connectivity index (χ2n) is 5.88. The quantitative estimate of drug-likeness (QED) is 0.766. The zero-order chi connectivity index (χ0) is 20.0. The van der Waals surface area contributed by atoms with E-state index in [9.17, 15) is 14.7 Å². The van der Waals surface area contributed by atoms with Crippen LogP contribution >= 0.6 is 0 Å². The van der Waals surface area contributed by atoms with Crippen molar-refractivity contribution in [3.05, 3.63) is 53.1 Å². The molecule has 2 aromatic rings. The molecule has 0 bridgehead atoms. The molecule has 2 aromatic carbocycles. The Hall–Kier alpha value is -3.06. The standard InChI is InChI=1S/C20H23NO6/c1-13-9-14(11-15(10-13)20(23)24)19(22)21(7-8-25-2)16-5-6-17(26-3)18(12-16)27-4/h5-6,9-12H,7-8H2,1-4H3,(H,23,24). The van der Waals surface area contributed by atoms with Crippen LogP contribution in [0.3, 0.4) is 0 Å². The second-order valence-corrected chi connectivity index (χ2v) is 5.88. The van der Waals surface area contributed by atoms with Gasteiger partial charge in [-0.15, -0.1) is 0 Å². The summed E-state index contributed by atoms with van der Waals surface area (Å²) in [7, 11) is 4.60. The van der Waals surface area contributed by atoms with E-state index in [2.05, 4.69) is 0 Å². The van der Waals surface area contributed by atoms with Crippen LogP contribution in [0.25, 0.3) is 0 Å². The number of aryl methyl sites for hydroxylation is 1. The maximum Gasteiger partial charge on any atom is 0.335 e. The number of benzene rings is 2. The van der Waals surface area contributed by atoms with Crippen LogP contribution in [0.15, 0.2) is 36.4 Å². The first kappa shape index (κ1) is 20.3. The smallest absolute Gasteiger partial charge is 0.335 e. The molecule has 0 aliphatic heterocycles. The molecule has 0 saturated heterocycles. The highest BCUT2D eigenvalue weighted by Crippen LogP contribution is 2.32. The van der Waals surface area contributed by atoms with Crippen molar-refractivity contribution in [2.45, 2.75) is 6.92 Å². The number of methoxy groups -OCH3 is 3. The first-order valence-corrected chi connectivity index (χ1v) is 8.29. The molecule has 0 aliphatic carbocycles. The highest BCUT2D eigenvalue weighted by molar-refractivity contribution is 6.07. The van der Waals surface area contributed by atoms with Gasteiger partial charge in [-0.1, -0.05) is 0 Å². The molecule has 0 spiro atoms. The molecule has 144 valence electrons. The Morgan fingerprint density at radius 3 is 2.22 bits per heavy atom. The molecule has 2 rings (SSSR count). The SMILES string of the molecule is COCCN(C(=O)c1cc(C)cc(C(=O)O)c1)c1ccc(OC)c(OC)c1. The Morgan fingerprint density at radius 1 is 0.963 bits per heavy atom. The molecule has 0 saturated carbocycles. The van der Waals surface area contributed by atoms with Crippen molar-refractivity contribution in [1.29, 1.82) is 0 Å². The predicted molar refractivity (Wildman–Crippen MR) is 101 cm³/mol. The van der Waals surface area contributed by atoms with Crippen LogP contribution in [-0.2, 0) is 4.74 Å². The molecular weight excluding hydrogens is 350 g/mol. The van der Waals surface area contributed by atoms with Crippen molar-refractivity contribution in [2.24, 2.45) is 0 Å². The van der Waals surface area contributed by atoms with Gasteiger partial charge in [-0.05, 0) is 42.8 Å². The highest BCUT2D eigenvalue weighted by atomic mass is 16.5. The molecule has 0 fully saturated rings. The van der Waals surface area contributed by atoms with E-state index in [-0.39, 0.29) is 11.5 Å². The number of hydrogen-bond acceptors (Lipinski definition) is 5. The molecular formula is C20H23NO6. The van der Waals surface area contributed by atoms with Gasteiger partial charge in [0.1, 0.15) is 0 Å². The number of nitrogens with zero attached hydrogens (tertiary/aromatic N) is 1. The van der Waals surface area contributed by atoms with E-state index in [1.807, 2.05) is 0 Å². The summed E-state index contributed by atoms with van der Waals surface area (Å²) in [5.74, 6) is -0.377. The second kappa shape index (κ2) is 9.05. The van der Waals surface area contributed by atoms with Crippen LogP contribution in [-0.4, -0.2) is 51.5 Å².